The van der Waals surface area contributed by atoms with Crippen molar-refractivity contribution in [2.75, 3.05) is 6.61 Å². The van der Waals surface area contributed by atoms with Gasteiger partial charge < -0.3 is 9.47 Å². The van der Waals surface area contributed by atoms with E-state index in [1.807, 2.05) is 18.1 Å². The van der Waals surface area contributed by atoms with Crippen LogP contribution < -0.4 is 9.47 Å². The minimum absolute atomic E-state index is 0.0348. The number of aryl methyl sites for hydroxylation is 1. The summed E-state index contributed by atoms with van der Waals surface area (Å²) in [6, 6.07) is 44.2. The second-order valence-corrected chi connectivity index (χ2v) is 23.9. The number of carbonyl (C=O) groups is 2. The minimum Gasteiger partial charge on any atom is -0.494 e. The van der Waals surface area contributed by atoms with Crippen LogP contribution in [0.3, 0.4) is 0 Å². The topological polar surface area (TPSA) is 193 Å². The second-order valence-electron chi connectivity index (χ2n) is 23.9. The van der Waals surface area contributed by atoms with Crippen LogP contribution in [0.5, 0.6) is 11.5 Å². The van der Waals surface area contributed by atoms with E-state index in [0.29, 0.717) is 6.61 Å². The number of ether oxygens (including phenoxy) is 2. The van der Waals surface area contributed by atoms with Crippen molar-refractivity contribution in [1.82, 2.24) is 0 Å². The normalized spacial score (nSPS) is 13.1. The predicted octanol–water partition coefficient (Wildman–Crippen LogP) is 16.8. The summed E-state index contributed by atoms with van der Waals surface area (Å²) < 4.78 is 11.9. The van der Waals surface area contributed by atoms with E-state index in [-0.39, 0.29) is 22.5 Å². The Morgan fingerprint density at radius 2 is 1.04 bits per heavy atom. The van der Waals surface area contributed by atoms with E-state index in [1.54, 1.807) is 12.1 Å². The van der Waals surface area contributed by atoms with Crippen LogP contribution in [0, 0.1) is 42.4 Å². The van der Waals surface area contributed by atoms with Crippen LogP contribution in [0.15, 0.2) is 127 Å². The van der Waals surface area contributed by atoms with E-state index in [9.17, 15) is 9.59 Å². The van der Waals surface area contributed by atoms with Crippen LogP contribution in [0.2, 0.25) is 0 Å². The van der Waals surface area contributed by atoms with Gasteiger partial charge in [0.15, 0.2) is 0 Å². The molecular weight excluding hydrogens is 1150 g/mol. The molecule has 0 aliphatic heterocycles. The molecule has 8 aromatic carbocycles. The van der Waals surface area contributed by atoms with Gasteiger partial charge in [-0.3, -0.25) is 4.89 Å². The number of hydrogen-bond acceptors (Lipinski definition) is 18. The van der Waals surface area contributed by atoms with Gasteiger partial charge in [-0.1, -0.05) is 177 Å². The number of fused-ring (bicyclic) bond motifs is 4. The van der Waals surface area contributed by atoms with Crippen molar-refractivity contribution in [3.05, 3.63) is 161 Å². The second kappa shape index (κ2) is 29.2. The van der Waals surface area contributed by atoms with Crippen molar-refractivity contribution >= 4 is 49.8 Å². The van der Waals surface area contributed by atoms with Crippen molar-refractivity contribution < 1.29 is 89.7 Å². The number of unbranched alkanes of at least 4 members (excludes halogenated alkanes) is 5. The zero-order valence-electron chi connectivity index (χ0n) is 51.2. The molecule has 8 aromatic rings. The largest absolute Gasteiger partial charge is 0.494 e. The molecule has 2 aliphatic carbocycles. The van der Waals surface area contributed by atoms with Gasteiger partial charge in [0.2, 0.25) is 0 Å². The maximum absolute atomic E-state index is 12.9. The number of hydrogen-bond donors (Lipinski definition) is 1. The Balaban J connectivity index is 0.966. The molecule has 0 saturated carbocycles. The number of allylic oxidation sites excluding steroid dienone is 2. The first-order chi connectivity index (χ1) is 43.5. The van der Waals surface area contributed by atoms with Crippen molar-refractivity contribution in [1.29, 1.82) is 0 Å². The fourth-order valence-corrected chi connectivity index (χ4v) is 11.7. The van der Waals surface area contributed by atoms with Crippen molar-refractivity contribution in [3.63, 3.8) is 0 Å². The molecule has 90 heavy (non-hydrogen) atoms. The van der Waals surface area contributed by atoms with Gasteiger partial charge in [-0.25, -0.2) is 14.8 Å². The molecule has 18 nitrogen and oxygen atoms in total. The van der Waals surface area contributed by atoms with Crippen molar-refractivity contribution in [2.45, 2.75) is 124 Å². The van der Waals surface area contributed by atoms with Gasteiger partial charge in [-0.2, -0.15) is 0 Å². The molecule has 462 valence electrons. The highest BCUT2D eigenvalue weighted by atomic mass is 18.0. The molecule has 0 bridgehead atoms. The van der Waals surface area contributed by atoms with Gasteiger partial charge >= 0.3 is 11.9 Å². The molecule has 0 spiro atoms. The van der Waals surface area contributed by atoms with E-state index < -0.39 is 11.9 Å². The predicted molar refractivity (Wildman–Crippen MR) is 333 cm³/mol. The summed E-state index contributed by atoms with van der Waals surface area (Å²) in [5.74, 6) is 12.5. The van der Waals surface area contributed by atoms with Gasteiger partial charge in [0.1, 0.15) is 11.5 Å². The van der Waals surface area contributed by atoms with Crippen LogP contribution in [-0.4, -0.2) is 23.8 Å². The highest BCUT2D eigenvalue weighted by Crippen LogP contribution is 2.55. The van der Waals surface area contributed by atoms with Gasteiger partial charge in [0.25, 0.3) is 0 Å². The van der Waals surface area contributed by atoms with Crippen LogP contribution >= 0.6 is 0 Å². The summed E-state index contributed by atoms with van der Waals surface area (Å²) in [6.07, 6.45) is 10.6. The highest BCUT2D eigenvalue weighted by molar-refractivity contribution is 6.22. The number of rotatable bonds is 24. The van der Waals surface area contributed by atoms with E-state index in [0.717, 1.165) is 79.9 Å². The average molecular weight is 1220 g/mol. The third-order valence-electron chi connectivity index (χ3n) is 15.9. The molecule has 1 atom stereocenters. The fourth-order valence-electron chi connectivity index (χ4n) is 11.7. The minimum atomic E-state index is -1.29. The molecule has 0 radical (unpaired) electrons. The molecule has 10 rings (SSSR count). The number of benzene rings is 8. The molecule has 0 amide bonds. The Morgan fingerprint density at radius 3 is 1.69 bits per heavy atom. The maximum Gasteiger partial charge on any atom is 0.421 e. The Labute approximate surface area is 520 Å². The Hall–Kier alpha value is -8.82. The fraction of sp³-hybridized carbons (Fsp3) is 0.278. The summed E-state index contributed by atoms with van der Waals surface area (Å²) in [4.78, 5) is 28.7. The summed E-state index contributed by atoms with van der Waals surface area (Å²) >= 11 is 0. The van der Waals surface area contributed by atoms with E-state index in [4.69, 9.17) is 14.7 Å². The zero-order valence-corrected chi connectivity index (χ0v) is 51.2. The Kier molecular flexibility index (Phi) is 20.8. The van der Waals surface area contributed by atoms with Gasteiger partial charge in [-0.05, 0) is 238 Å². The van der Waals surface area contributed by atoms with E-state index in [2.05, 4.69) is 260 Å². The molecular formula is C72H66O18. The smallest absolute Gasteiger partial charge is 0.421 e. The lowest BCUT2D eigenvalue weighted by Gasteiger charge is -2.36. The molecule has 0 aromatic heterocycles. The van der Waals surface area contributed by atoms with Gasteiger partial charge in [-0.15, -0.1) is 0 Å². The molecule has 2 aliphatic rings. The van der Waals surface area contributed by atoms with E-state index >= 15 is 0 Å². The monoisotopic (exact) mass is 1220 g/mol. The van der Waals surface area contributed by atoms with Gasteiger partial charge in [0.05, 0.1) is 6.61 Å². The third kappa shape index (κ3) is 15.1. The zero-order chi connectivity index (χ0) is 63.4. The lowest BCUT2D eigenvalue weighted by molar-refractivity contribution is -0.874. The lowest BCUT2D eigenvalue weighted by atomic mass is 9.67. The van der Waals surface area contributed by atoms with Gasteiger partial charge in [0, 0.05) is 48.0 Å². The molecule has 0 saturated heterocycles. The molecule has 18 heteroatoms. The van der Waals surface area contributed by atoms with Crippen molar-refractivity contribution in [3.8, 4) is 91.5 Å². The standard InChI is InChI=1S/C72H66O18/c1-10-11-12-13-16-19-38-76-52-29-24-47(25-30-52)68-55-33-22-45(2)39-60(55)67(48-26-31-53(32-27-48)77-65(73)20-17-14-15-18-21-66(74)78-80-82-84-86-88-90-89-87-85-83-81-79-75)56-35-28-49(40-61(56)68)54-36-37-58-63-43-50(71(4,5)6)41-59-46(3)23-34-57(69(59)63)64-44-51(72(7,8)9)42-62(54)70(58)64/h22-33,35-37,39-44,57,75H,10-13,16,19,34,38H2,1-9H3. The lowest BCUT2D eigenvalue weighted by Crippen LogP contribution is -2.19. The summed E-state index contributed by atoms with van der Waals surface area (Å²) in [5.41, 5.74) is 18.3. The van der Waals surface area contributed by atoms with Crippen LogP contribution in [0.4, 0.5) is 0 Å². The molecule has 1 unspecified atom stereocenters. The van der Waals surface area contributed by atoms with E-state index in [1.165, 1.54) is 86.5 Å². The molecule has 0 heterocycles. The van der Waals surface area contributed by atoms with Crippen LogP contribution in [0.25, 0.3) is 82.4 Å². The van der Waals surface area contributed by atoms with Crippen molar-refractivity contribution in [2.24, 2.45) is 0 Å². The summed E-state index contributed by atoms with van der Waals surface area (Å²) in [6.45, 7) is 21.2. The Morgan fingerprint density at radius 1 is 0.500 bits per heavy atom. The average Bonchev–Trinajstić information content (AvgIpc) is 0.713. The molecule has 0 fully saturated rings. The third-order valence-corrected chi connectivity index (χ3v) is 15.9. The van der Waals surface area contributed by atoms with Crippen LogP contribution in [0.1, 0.15) is 140 Å². The first kappa shape index (κ1) is 64.2. The first-order valence-corrected chi connectivity index (χ1v) is 29.4. The quantitative estimate of drug-likeness (QED) is 0.00877. The SMILES string of the molecule is CCCCCCCCOc1ccc(-c2c3ccc(C)cc3c(-c3ccc(OC(=O)C#CC#CC#CC(=O)OOOOOOOOOOOOOO)cc3)c3ccc(-c4ccc5c6c(cc(C(C)(C)C)cc46)C4CC=C(C)c6cc(C(C)(C)C)cc-5c64)cc23)cc1. The highest BCUT2D eigenvalue weighted by Gasteiger charge is 2.35. The molecule has 1 N–H and O–H groups in total. The summed E-state index contributed by atoms with van der Waals surface area (Å²) in [5, 5.41) is 57.7. The first-order valence-electron chi connectivity index (χ1n) is 29.4. The van der Waals surface area contributed by atoms with Crippen LogP contribution in [-0.2, 0) is 85.8 Å². The Bertz CT molecular complexity index is 4200. The summed E-state index contributed by atoms with van der Waals surface area (Å²) in [7, 11) is 0. The number of carbonyl (C=O) groups excluding carboxylic acids is 2. The number of esters is 1. The maximum atomic E-state index is 12.9.